The zero-order valence-electron chi connectivity index (χ0n) is 19.7. The summed E-state index contributed by atoms with van der Waals surface area (Å²) >= 11 is 0. The summed E-state index contributed by atoms with van der Waals surface area (Å²) in [4.78, 5) is 13.7. The Hall–Kier alpha value is -3.32. The molecule has 1 heterocycles. The molecule has 0 fully saturated rings. The van der Waals surface area contributed by atoms with Crippen LogP contribution >= 0.6 is 0 Å². The van der Waals surface area contributed by atoms with E-state index in [1.165, 1.54) is 7.05 Å². The third kappa shape index (κ3) is 4.40. The van der Waals surface area contributed by atoms with Crippen LogP contribution in [0.15, 0.2) is 83.8 Å². The van der Waals surface area contributed by atoms with Crippen LogP contribution in [0.2, 0.25) is 0 Å². The van der Waals surface area contributed by atoms with Crippen LogP contribution in [0.3, 0.4) is 0 Å². The summed E-state index contributed by atoms with van der Waals surface area (Å²) in [6.45, 7) is 4.18. The highest BCUT2D eigenvalue weighted by Gasteiger charge is 2.39. The zero-order valence-corrected chi connectivity index (χ0v) is 20.5. The highest BCUT2D eigenvalue weighted by molar-refractivity contribution is 7.92. The van der Waals surface area contributed by atoms with Crippen LogP contribution in [-0.2, 0) is 10.0 Å². The summed E-state index contributed by atoms with van der Waals surface area (Å²) in [5.41, 5.74) is 1.18. The van der Waals surface area contributed by atoms with E-state index in [9.17, 15) is 13.2 Å². The van der Waals surface area contributed by atoms with Crippen LogP contribution in [0.25, 0.3) is 0 Å². The van der Waals surface area contributed by atoms with Crippen molar-refractivity contribution < 1.29 is 17.9 Å². The number of amides is 1. The molecule has 0 saturated carbocycles. The molecule has 1 aliphatic rings. The Morgan fingerprint density at radius 1 is 0.971 bits per heavy atom. The lowest BCUT2D eigenvalue weighted by Gasteiger charge is -2.41. The standard InChI is InChI=1S/C27H30N2O4S/c1-4-27(5-2)19-23(21-15-10-12-18-25(21)33-27)28-26(30)22-16-9-11-17-24(22)29(3)34(31,32)20-13-7-6-8-14-20/h6-18,23H,4-5,19H2,1-3H3,(H,28,30)/t23-/m0/s1. The van der Waals surface area contributed by atoms with Crippen molar-refractivity contribution in [3.05, 3.63) is 90.0 Å². The molecule has 1 N–H and O–H groups in total. The molecule has 3 aromatic rings. The predicted octanol–water partition coefficient (Wildman–Crippen LogP) is 5.32. The Morgan fingerprint density at radius 3 is 2.29 bits per heavy atom. The number of carbonyl (C=O) groups is 1. The molecule has 0 bridgehead atoms. The monoisotopic (exact) mass is 478 g/mol. The average Bonchev–Trinajstić information content (AvgIpc) is 2.88. The van der Waals surface area contributed by atoms with Gasteiger partial charge < -0.3 is 10.1 Å². The van der Waals surface area contributed by atoms with Crippen molar-refractivity contribution in [2.75, 3.05) is 11.4 Å². The molecule has 1 atom stereocenters. The minimum atomic E-state index is -3.82. The van der Waals surface area contributed by atoms with Gasteiger partial charge in [-0.15, -0.1) is 0 Å². The van der Waals surface area contributed by atoms with Gasteiger partial charge in [0.05, 0.1) is 22.2 Å². The Bertz CT molecular complexity index is 1270. The molecular weight excluding hydrogens is 448 g/mol. The molecule has 0 saturated heterocycles. The van der Waals surface area contributed by atoms with E-state index in [2.05, 4.69) is 19.2 Å². The van der Waals surface area contributed by atoms with E-state index >= 15 is 0 Å². The maximum absolute atomic E-state index is 13.5. The molecule has 1 amide bonds. The van der Waals surface area contributed by atoms with E-state index in [1.807, 2.05) is 24.3 Å². The van der Waals surface area contributed by atoms with Gasteiger partial charge in [0.25, 0.3) is 15.9 Å². The number of nitrogens with zero attached hydrogens (tertiary/aromatic N) is 1. The van der Waals surface area contributed by atoms with Crippen LogP contribution in [-0.4, -0.2) is 27.0 Å². The maximum atomic E-state index is 13.5. The summed E-state index contributed by atoms with van der Waals surface area (Å²) in [7, 11) is -2.35. The lowest BCUT2D eigenvalue weighted by Crippen LogP contribution is -2.44. The largest absolute Gasteiger partial charge is 0.487 e. The Balaban J connectivity index is 1.67. The number of hydrogen-bond donors (Lipinski definition) is 1. The molecule has 0 unspecified atom stereocenters. The highest BCUT2D eigenvalue weighted by atomic mass is 32.2. The van der Waals surface area contributed by atoms with Crippen LogP contribution in [0.5, 0.6) is 5.75 Å². The van der Waals surface area contributed by atoms with E-state index in [0.29, 0.717) is 17.7 Å². The van der Waals surface area contributed by atoms with Crippen molar-refractivity contribution in [2.45, 2.75) is 49.6 Å². The molecule has 34 heavy (non-hydrogen) atoms. The van der Waals surface area contributed by atoms with E-state index < -0.39 is 10.0 Å². The van der Waals surface area contributed by atoms with Crippen LogP contribution in [0, 0.1) is 0 Å². The molecule has 4 rings (SSSR count). The quantitative estimate of drug-likeness (QED) is 0.498. The van der Waals surface area contributed by atoms with Crippen molar-refractivity contribution in [1.82, 2.24) is 5.32 Å². The molecule has 1 aliphatic heterocycles. The van der Waals surface area contributed by atoms with Gasteiger partial charge in [0.15, 0.2) is 0 Å². The van der Waals surface area contributed by atoms with E-state index in [4.69, 9.17) is 4.74 Å². The number of nitrogens with one attached hydrogen (secondary N) is 1. The van der Waals surface area contributed by atoms with Gasteiger partial charge in [-0.25, -0.2) is 8.42 Å². The molecule has 7 heteroatoms. The minimum Gasteiger partial charge on any atom is -0.487 e. The Labute approximate surface area is 201 Å². The first-order valence-electron chi connectivity index (χ1n) is 11.5. The first kappa shape index (κ1) is 23.8. The lowest BCUT2D eigenvalue weighted by molar-refractivity contribution is 0.0227. The fourth-order valence-corrected chi connectivity index (χ4v) is 5.72. The summed E-state index contributed by atoms with van der Waals surface area (Å²) in [6, 6.07) is 22.5. The number of sulfonamides is 1. The third-order valence-electron chi connectivity index (χ3n) is 6.68. The molecule has 0 aliphatic carbocycles. The fraction of sp³-hybridized carbons (Fsp3) is 0.296. The van der Waals surface area contributed by atoms with E-state index in [0.717, 1.165) is 28.5 Å². The molecule has 0 spiro atoms. The second kappa shape index (κ2) is 9.50. The van der Waals surface area contributed by atoms with Gasteiger partial charge in [0.2, 0.25) is 0 Å². The fourth-order valence-electron chi connectivity index (χ4n) is 4.49. The maximum Gasteiger partial charge on any atom is 0.264 e. The summed E-state index contributed by atoms with van der Waals surface area (Å²) < 4.78 is 33.9. The van der Waals surface area contributed by atoms with Crippen LogP contribution in [0.1, 0.15) is 55.1 Å². The number of hydrogen-bond acceptors (Lipinski definition) is 4. The van der Waals surface area contributed by atoms with Crippen molar-refractivity contribution in [3.8, 4) is 5.75 Å². The van der Waals surface area contributed by atoms with Crippen molar-refractivity contribution in [2.24, 2.45) is 0 Å². The van der Waals surface area contributed by atoms with Crippen molar-refractivity contribution >= 4 is 21.6 Å². The molecule has 6 nitrogen and oxygen atoms in total. The summed E-state index contributed by atoms with van der Waals surface area (Å²) in [6.07, 6.45) is 2.28. The molecular formula is C27H30N2O4S. The number of ether oxygens (including phenoxy) is 1. The zero-order chi connectivity index (χ0) is 24.3. The number of benzene rings is 3. The second-order valence-electron chi connectivity index (χ2n) is 8.56. The molecule has 178 valence electrons. The second-order valence-corrected chi connectivity index (χ2v) is 10.5. The Kier molecular flexibility index (Phi) is 6.66. The third-order valence-corrected chi connectivity index (χ3v) is 8.47. The number of rotatable bonds is 7. The molecule has 3 aromatic carbocycles. The smallest absolute Gasteiger partial charge is 0.264 e. The van der Waals surface area contributed by atoms with Gasteiger partial charge in [-0.2, -0.15) is 0 Å². The van der Waals surface area contributed by atoms with E-state index in [1.54, 1.807) is 54.6 Å². The van der Waals surface area contributed by atoms with Gasteiger partial charge in [-0.05, 0) is 43.2 Å². The van der Waals surface area contributed by atoms with Gasteiger partial charge in [0, 0.05) is 19.0 Å². The summed E-state index contributed by atoms with van der Waals surface area (Å²) in [5.74, 6) is 0.452. The normalized spacial score (nSPS) is 16.7. The number of carbonyl (C=O) groups excluding carboxylic acids is 1. The minimum absolute atomic E-state index is 0.168. The topological polar surface area (TPSA) is 75.7 Å². The predicted molar refractivity (Wildman–Crippen MR) is 134 cm³/mol. The molecule has 0 radical (unpaired) electrons. The molecule has 0 aromatic heterocycles. The van der Waals surface area contributed by atoms with Gasteiger partial charge in [-0.3, -0.25) is 9.10 Å². The number of fused-ring (bicyclic) bond motifs is 1. The van der Waals surface area contributed by atoms with Gasteiger partial charge >= 0.3 is 0 Å². The van der Waals surface area contributed by atoms with Crippen LogP contribution in [0.4, 0.5) is 5.69 Å². The first-order chi connectivity index (χ1) is 16.3. The summed E-state index contributed by atoms with van der Waals surface area (Å²) in [5, 5.41) is 3.16. The average molecular weight is 479 g/mol. The number of para-hydroxylation sites is 2. The van der Waals surface area contributed by atoms with Crippen molar-refractivity contribution in [3.63, 3.8) is 0 Å². The Morgan fingerprint density at radius 2 is 1.59 bits per heavy atom. The van der Waals surface area contributed by atoms with Gasteiger partial charge in [-0.1, -0.05) is 62.4 Å². The first-order valence-corrected chi connectivity index (χ1v) is 13.0. The van der Waals surface area contributed by atoms with Crippen LogP contribution < -0.4 is 14.4 Å². The highest BCUT2D eigenvalue weighted by Crippen LogP contribution is 2.42. The lowest BCUT2D eigenvalue weighted by atomic mass is 9.83. The van der Waals surface area contributed by atoms with Gasteiger partial charge in [0.1, 0.15) is 11.4 Å². The van der Waals surface area contributed by atoms with Crippen molar-refractivity contribution in [1.29, 1.82) is 0 Å². The SMILES string of the molecule is CCC1(CC)C[C@H](NC(=O)c2ccccc2N(C)S(=O)(=O)c2ccccc2)c2ccccc2O1. The number of anilines is 1. The van der Waals surface area contributed by atoms with E-state index in [-0.39, 0.29) is 22.4 Å².